The van der Waals surface area contributed by atoms with E-state index in [1.807, 2.05) is 0 Å². The summed E-state index contributed by atoms with van der Waals surface area (Å²) in [6.07, 6.45) is 0. The summed E-state index contributed by atoms with van der Waals surface area (Å²) in [6.45, 7) is 4.53. The van der Waals surface area contributed by atoms with Gasteiger partial charge in [0, 0.05) is 0 Å². The standard InChI is InChI=1S/C5H11NO2.C3H6O2/c1-6(7)2-4-8-5-3-6;1-2-5-3-4-1/h2-5H2,1H3;1-3H2. The Morgan fingerprint density at radius 3 is 1.69 bits per heavy atom. The first-order valence-electron chi connectivity index (χ1n) is 4.49. The molecule has 2 heterocycles. The van der Waals surface area contributed by atoms with E-state index in [9.17, 15) is 5.21 Å². The minimum Gasteiger partial charge on any atom is -0.633 e. The van der Waals surface area contributed by atoms with Crippen molar-refractivity contribution in [2.45, 2.75) is 0 Å². The zero-order valence-corrected chi connectivity index (χ0v) is 8.03. The summed E-state index contributed by atoms with van der Waals surface area (Å²) in [7, 11) is 1.68. The number of morpholine rings is 1. The van der Waals surface area contributed by atoms with E-state index >= 15 is 0 Å². The zero-order chi connectivity index (χ0) is 9.57. The summed E-state index contributed by atoms with van der Waals surface area (Å²) in [6, 6.07) is 0. The third-order valence-corrected chi connectivity index (χ3v) is 1.96. The molecule has 0 N–H and O–H groups in total. The van der Waals surface area contributed by atoms with Crippen LogP contribution >= 0.6 is 0 Å². The number of rotatable bonds is 0. The zero-order valence-electron chi connectivity index (χ0n) is 8.03. The maximum absolute atomic E-state index is 11.0. The fourth-order valence-electron chi connectivity index (χ4n) is 1.02. The van der Waals surface area contributed by atoms with Gasteiger partial charge in [-0.15, -0.1) is 0 Å². The van der Waals surface area contributed by atoms with E-state index in [-0.39, 0.29) is 4.65 Å². The summed E-state index contributed by atoms with van der Waals surface area (Å²) >= 11 is 0. The second kappa shape index (κ2) is 5.51. The van der Waals surface area contributed by atoms with Crippen molar-refractivity contribution in [1.29, 1.82) is 0 Å². The normalized spacial score (nSPS) is 26.3. The van der Waals surface area contributed by atoms with Crippen LogP contribution in [0.2, 0.25) is 0 Å². The second-order valence-electron chi connectivity index (χ2n) is 3.29. The minimum atomic E-state index is -0.125. The molecule has 0 aromatic rings. The van der Waals surface area contributed by atoms with Gasteiger partial charge < -0.3 is 24.1 Å². The van der Waals surface area contributed by atoms with E-state index in [2.05, 4.69) is 0 Å². The molecule has 0 saturated carbocycles. The van der Waals surface area contributed by atoms with Crippen molar-refractivity contribution < 1.29 is 18.9 Å². The quantitative estimate of drug-likeness (QED) is 0.398. The van der Waals surface area contributed by atoms with Crippen molar-refractivity contribution >= 4 is 0 Å². The summed E-state index contributed by atoms with van der Waals surface area (Å²) in [5, 5.41) is 11.0. The highest BCUT2D eigenvalue weighted by Crippen LogP contribution is 2.02. The van der Waals surface area contributed by atoms with Crippen LogP contribution in [0.3, 0.4) is 0 Å². The SMILES string of the molecule is C1COCO1.C[N+]1([O-])CCOCC1. The number of hydroxylamine groups is 3. The van der Waals surface area contributed by atoms with Crippen LogP contribution in [0.4, 0.5) is 0 Å². The molecule has 0 spiro atoms. The van der Waals surface area contributed by atoms with E-state index in [0.717, 1.165) is 13.2 Å². The van der Waals surface area contributed by atoms with E-state index < -0.39 is 0 Å². The molecule has 0 aromatic heterocycles. The summed E-state index contributed by atoms with van der Waals surface area (Å²) in [5.74, 6) is 0. The number of ether oxygens (including phenoxy) is 3. The Bertz CT molecular complexity index is 120. The molecular formula is C8H17NO4. The minimum absolute atomic E-state index is 0.125. The Labute approximate surface area is 78.3 Å². The van der Waals surface area contributed by atoms with Crippen molar-refractivity contribution in [3.8, 4) is 0 Å². The molecular weight excluding hydrogens is 174 g/mol. The maximum atomic E-state index is 11.0. The Kier molecular flexibility index (Phi) is 4.61. The van der Waals surface area contributed by atoms with Gasteiger partial charge in [0.1, 0.15) is 19.9 Å². The van der Waals surface area contributed by atoms with E-state index in [1.165, 1.54) is 0 Å². The van der Waals surface area contributed by atoms with E-state index in [0.29, 0.717) is 33.1 Å². The van der Waals surface area contributed by atoms with Crippen molar-refractivity contribution in [3.05, 3.63) is 5.21 Å². The number of hydrogen-bond donors (Lipinski definition) is 0. The Morgan fingerprint density at radius 2 is 1.46 bits per heavy atom. The van der Waals surface area contributed by atoms with Crippen LogP contribution in [-0.4, -0.2) is 58.0 Å². The average Bonchev–Trinajstić information content (AvgIpc) is 2.60. The molecule has 0 radical (unpaired) electrons. The van der Waals surface area contributed by atoms with E-state index in [4.69, 9.17) is 14.2 Å². The van der Waals surface area contributed by atoms with Crippen LogP contribution < -0.4 is 0 Å². The van der Waals surface area contributed by atoms with Gasteiger partial charge in [-0.3, -0.25) is 0 Å². The molecule has 2 aliphatic heterocycles. The van der Waals surface area contributed by atoms with Gasteiger partial charge in [0.25, 0.3) is 0 Å². The van der Waals surface area contributed by atoms with Crippen LogP contribution in [0.5, 0.6) is 0 Å². The van der Waals surface area contributed by atoms with Crippen molar-refractivity contribution in [3.63, 3.8) is 0 Å². The molecule has 78 valence electrons. The number of quaternary nitrogens is 1. The second-order valence-corrected chi connectivity index (χ2v) is 3.29. The molecule has 0 amide bonds. The monoisotopic (exact) mass is 191 g/mol. The average molecular weight is 191 g/mol. The molecule has 0 atom stereocenters. The molecule has 0 unspecified atom stereocenters. The van der Waals surface area contributed by atoms with Gasteiger partial charge in [-0.2, -0.15) is 0 Å². The largest absolute Gasteiger partial charge is 0.633 e. The third kappa shape index (κ3) is 5.17. The van der Waals surface area contributed by atoms with Crippen molar-refractivity contribution in [1.82, 2.24) is 0 Å². The van der Waals surface area contributed by atoms with Gasteiger partial charge in [-0.05, 0) is 0 Å². The smallest absolute Gasteiger partial charge is 0.146 e. The highest BCUT2D eigenvalue weighted by atomic mass is 16.7. The fourth-order valence-corrected chi connectivity index (χ4v) is 1.02. The first kappa shape index (κ1) is 10.9. The molecule has 0 aliphatic carbocycles. The molecule has 5 nitrogen and oxygen atoms in total. The lowest BCUT2D eigenvalue weighted by atomic mass is 10.4. The summed E-state index contributed by atoms with van der Waals surface area (Å²) in [5.41, 5.74) is 0. The van der Waals surface area contributed by atoms with Gasteiger partial charge >= 0.3 is 0 Å². The lowest BCUT2D eigenvalue weighted by molar-refractivity contribution is -0.869. The summed E-state index contributed by atoms with van der Waals surface area (Å²) in [4.78, 5) is 0. The summed E-state index contributed by atoms with van der Waals surface area (Å²) < 4.78 is 14.3. The molecule has 2 rings (SSSR count). The predicted octanol–water partition coefficient (Wildman–Crippen LogP) is -0.0483. The first-order valence-corrected chi connectivity index (χ1v) is 4.49. The molecule has 2 saturated heterocycles. The van der Waals surface area contributed by atoms with Crippen LogP contribution in [0.15, 0.2) is 0 Å². The third-order valence-electron chi connectivity index (χ3n) is 1.96. The van der Waals surface area contributed by atoms with Crippen molar-refractivity contribution in [2.75, 3.05) is 53.4 Å². The van der Waals surface area contributed by atoms with Gasteiger partial charge in [0.05, 0.1) is 33.5 Å². The fraction of sp³-hybridized carbons (Fsp3) is 1.00. The first-order chi connectivity index (χ1) is 6.21. The van der Waals surface area contributed by atoms with Gasteiger partial charge in [0.2, 0.25) is 0 Å². The highest BCUT2D eigenvalue weighted by Gasteiger charge is 2.13. The molecule has 0 bridgehead atoms. The molecule has 13 heavy (non-hydrogen) atoms. The lowest BCUT2D eigenvalue weighted by Crippen LogP contribution is -2.46. The maximum Gasteiger partial charge on any atom is 0.146 e. The van der Waals surface area contributed by atoms with Gasteiger partial charge in [0.15, 0.2) is 0 Å². The van der Waals surface area contributed by atoms with Crippen molar-refractivity contribution in [2.24, 2.45) is 0 Å². The highest BCUT2D eigenvalue weighted by molar-refractivity contribution is 4.44. The molecule has 0 aromatic carbocycles. The topological polar surface area (TPSA) is 50.8 Å². The molecule has 2 fully saturated rings. The number of hydrogen-bond acceptors (Lipinski definition) is 4. The number of likely N-dealkylation sites (N-methyl/N-ethyl adjacent to an activating group) is 1. The van der Waals surface area contributed by atoms with Crippen LogP contribution in [0, 0.1) is 5.21 Å². The Morgan fingerprint density at radius 1 is 0.923 bits per heavy atom. The van der Waals surface area contributed by atoms with Gasteiger partial charge in [-0.25, -0.2) is 0 Å². The predicted molar refractivity (Wildman–Crippen MR) is 46.9 cm³/mol. The number of nitrogens with zero attached hydrogens (tertiary/aromatic N) is 1. The molecule has 2 aliphatic rings. The van der Waals surface area contributed by atoms with Crippen LogP contribution in [0.25, 0.3) is 0 Å². The molecule has 5 heteroatoms. The van der Waals surface area contributed by atoms with Crippen LogP contribution in [0.1, 0.15) is 0 Å². The van der Waals surface area contributed by atoms with Gasteiger partial charge in [-0.1, -0.05) is 0 Å². The lowest BCUT2D eigenvalue weighted by Gasteiger charge is -2.41. The Balaban J connectivity index is 0.000000145. The van der Waals surface area contributed by atoms with E-state index in [1.54, 1.807) is 7.05 Å². The van der Waals surface area contributed by atoms with Crippen LogP contribution in [-0.2, 0) is 14.2 Å². The Hall–Kier alpha value is -0.200.